The van der Waals surface area contributed by atoms with Gasteiger partial charge in [0.2, 0.25) is 15.9 Å². The largest absolute Gasteiger partial charge is 0.495 e. The van der Waals surface area contributed by atoms with Crippen molar-refractivity contribution < 1.29 is 17.9 Å². The summed E-state index contributed by atoms with van der Waals surface area (Å²) in [4.78, 5) is 12.1. The van der Waals surface area contributed by atoms with Gasteiger partial charge >= 0.3 is 0 Å². The predicted molar refractivity (Wildman–Crippen MR) is 107 cm³/mol. The highest BCUT2D eigenvalue weighted by molar-refractivity contribution is 9.10. The summed E-state index contributed by atoms with van der Waals surface area (Å²) in [6.07, 6.45) is 1.72. The molecule has 8 heteroatoms. The lowest BCUT2D eigenvalue weighted by Crippen LogP contribution is -2.31. The van der Waals surface area contributed by atoms with Gasteiger partial charge in [0, 0.05) is 23.1 Å². The molecule has 0 heterocycles. The normalized spacial score (nSPS) is 11.0. The number of amides is 1. The molecule has 0 aliphatic heterocycles. The van der Waals surface area contributed by atoms with Gasteiger partial charge in [-0.2, -0.15) is 0 Å². The number of anilines is 2. The lowest BCUT2D eigenvalue weighted by molar-refractivity contribution is -0.116. The molecule has 140 valence electrons. The van der Waals surface area contributed by atoms with Gasteiger partial charge in [0.05, 0.1) is 19.1 Å². The highest BCUT2D eigenvalue weighted by atomic mass is 79.9. The van der Waals surface area contributed by atoms with E-state index in [0.29, 0.717) is 23.5 Å². The number of carbonyl (C=O) groups is 1. The van der Waals surface area contributed by atoms with E-state index < -0.39 is 10.0 Å². The minimum Gasteiger partial charge on any atom is -0.495 e. The number of carbonyl (C=O) groups excluding carboxylic acids is 1. The quantitative estimate of drug-likeness (QED) is 0.679. The van der Waals surface area contributed by atoms with Crippen molar-refractivity contribution in [2.45, 2.75) is 12.8 Å². The number of hydrogen-bond donors (Lipinski definition) is 1. The molecule has 0 atom stereocenters. The molecule has 0 radical (unpaired) electrons. The number of halogens is 1. The second-order valence-electron chi connectivity index (χ2n) is 5.67. The molecule has 1 amide bonds. The summed E-state index contributed by atoms with van der Waals surface area (Å²) in [7, 11) is -2.01. The Hall–Kier alpha value is -2.06. The molecule has 0 saturated carbocycles. The molecule has 6 nitrogen and oxygen atoms in total. The topological polar surface area (TPSA) is 75.7 Å². The van der Waals surface area contributed by atoms with Crippen molar-refractivity contribution in [3.8, 4) is 5.75 Å². The van der Waals surface area contributed by atoms with E-state index in [1.54, 1.807) is 36.4 Å². The molecule has 0 saturated heterocycles. The average molecular weight is 441 g/mol. The molecule has 0 aliphatic rings. The molecule has 0 aromatic heterocycles. The highest BCUT2D eigenvalue weighted by Gasteiger charge is 2.20. The van der Waals surface area contributed by atoms with E-state index in [-0.39, 0.29) is 18.9 Å². The Bertz CT molecular complexity index is 871. The second kappa shape index (κ2) is 9.05. The molecule has 0 spiro atoms. The van der Waals surface area contributed by atoms with E-state index in [2.05, 4.69) is 21.2 Å². The number of benzene rings is 2. The van der Waals surface area contributed by atoms with Crippen LogP contribution in [0, 0.1) is 0 Å². The Morgan fingerprint density at radius 2 is 1.92 bits per heavy atom. The maximum Gasteiger partial charge on any atom is 0.232 e. The molecule has 0 bridgehead atoms. The van der Waals surface area contributed by atoms with Gasteiger partial charge in [-0.05, 0) is 36.8 Å². The van der Waals surface area contributed by atoms with Crippen molar-refractivity contribution in [1.82, 2.24) is 0 Å². The molecule has 26 heavy (non-hydrogen) atoms. The third kappa shape index (κ3) is 5.74. The number of rotatable bonds is 8. The number of sulfonamides is 1. The number of ether oxygens (including phenoxy) is 1. The minimum absolute atomic E-state index is 0.170. The van der Waals surface area contributed by atoms with Crippen LogP contribution in [0.15, 0.2) is 53.0 Å². The van der Waals surface area contributed by atoms with Crippen molar-refractivity contribution in [3.63, 3.8) is 0 Å². The van der Waals surface area contributed by atoms with Crippen molar-refractivity contribution in [2.75, 3.05) is 29.5 Å². The van der Waals surface area contributed by atoms with Gasteiger partial charge in [-0.25, -0.2) is 8.42 Å². The van der Waals surface area contributed by atoms with Crippen LogP contribution in [-0.4, -0.2) is 34.2 Å². The molecular formula is C18H21BrN2O4S. The Morgan fingerprint density at radius 1 is 1.19 bits per heavy atom. The summed E-state index contributed by atoms with van der Waals surface area (Å²) in [5.41, 5.74) is 1.15. The van der Waals surface area contributed by atoms with Crippen LogP contribution in [0.5, 0.6) is 5.75 Å². The van der Waals surface area contributed by atoms with Crippen LogP contribution in [0.1, 0.15) is 12.8 Å². The number of para-hydroxylation sites is 2. The summed E-state index contributed by atoms with van der Waals surface area (Å²) in [6, 6.07) is 14.2. The van der Waals surface area contributed by atoms with Crippen LogP contribution in [0.3, 0.4) is 0 Å². The van der Waals surface area contributed by atoms with Crippen LogP contribution < -0.4 is 14.4 Å². The molecule has 0 aliphatic carbocycles. The minimum atomic E-state index is -3.50. The lowest BCUT2D eigenvalue weighted by Gasteiger charge is -2.24. The van der Waals surface area contributed by atoms with Crippen LogP contribution in [0.4, 0.5) is 11.4 Å². The SMILES string of the molecule is COc1ccccc1N(CCCC(=O)Nc1cccc(Br)c1)S(C)(=O)=O. The summed E-state index contributed by atoms with van der Waals surface area (Å²) in [6.45, 7) is 0.186. The zero-order valence-electron chi connectivity index (χ0n) is 14.6. The van der Waals surface area contributed by atoms with Crippen LogP contribution in [0.25, 0.3) is 0 Å². The third-order valence-corrected chi connectivity index (χ3v) is 5.30. The Morgan fingerprint density at radius 3 is 2.58 bits per heavy atom. The Balaban J connectivity index is 2.01. The van der Waals surface area contributed by atoms with E-state index in [4.69, 9.17) is 4.74 Å². The van der Waals surface area contributed by atoms with E-state index in [9.17, 15) is 13.2 Å². The fourth-order valence-electron chi connectivity index (χ4n) is 2.47. The zero-order chi connectivity index (χ0) is 19.2. The first-order valence-electron chi connectivity index (χ1n) is 7.97. The highest BCUT2D eigenvalue weighted by Crippen LogP contribution is 2.29. The lowest BCUT2D eigenvalue weighted by atomic mass is 10.2. The predicted octanol–water partition coefficient (Wildman–Crippen LogP) is 3.64. The van der Waals surface area contributed by atoms with E-state index in [1.165, 1.54) is 11.4 Å². The maximum atomic E-state index is 12.2. The summed E-state index contributed by atoms with van der Waals surface area (Å²) >= 11 is 3.35. The van der Waals surface area contributed by atoms with Crippen LogP contribution in [-0.2, 0) is 14.8 Å². The fraction of sp³-hybridized carbons (Fsp3) is 0.278. The Kier molecular flexibility index (Phi) is 7.05. The number of methoxy groups -OCH3 is 1. The molecule has 1 N–H and O–H groups in total. The van der Waals surface area contributed by atoms with Gasteiger partial charge < -0.3 is 10.1 Å². The zero-order valence-corrected chi connectivity index (χ0v) is 17.0. The van der Waals surface area contributed by atoms with Gasteiger partial charge in [0.1, 0.15) is 5.75 Å². The number of hydrogen-bond acceptors (Lipinski definition) is 4. The van der Waals surface area contributed by atoms with Crippen molar-refractivity contribution in [3.05, 3.63) is 53.0 Å². The molecule has 2 aromatic carbocycles. The van der Waals surface area contributed by atoms with Gasteiger partial charge in [0.15, 0.2) is 0 Å². The van der Waals surface area contributed by atoms with Crippen LogP contribution >= 0.6 is 15.9 Å². The summed E-state index contributed by atoms with van der Waals surface area (Å²) in [5.74, 6) is 0.299. The summed E-state index contributed by atoms with van der Waals surface area (Å²) in [5, 5.41) is 2.80. The first-order valence-corrected chi connectivity index (χ1v) is 10.6. The van der Waals surface area contributed by atoms with Crippen LogP contribution in [0.2, 0.25) is 0 Å². The standard InChI is InChI=1S/C18H21BrN2O4S/c1-25-17-10-4-3-9-16(17)21(26(2,23)24)12-6-11-18(22)20-15-8-5-7-14(19)13-15/h3-5,7-10,13H,6,11-12H2,1-2H3,(H,20,22). The van der Waals surface area contributed by atoms with Crippen molar-refractivity contribution in [1.29, 1.82) is 0 Å². The van der Waals surface area contributed by atoms with Gasteiger partial charge in [0.25, 0.3) is 0 Å². The van der Waals surface area contributed by atoms with E-state index in [1.807, 2.05) is 12.1 Å². The number of nitrogens with zero attached hydrogens (tertiary/aromatic N) is 1. The van der Waals surface area contributed by atoms with Gasteiger partial charge in [-0.1, -0.05) is 34.1 Å². The van der Waals surface area contributed by atoms with Gasteiger partial charge in [-0.15, -0.1) is 0 Å². The van der Waals surface area contributed by atoms with E-state index in [0.717, 1.165) is 10.7 Å². The first-order chi connectivity index (χ1) is 12.3. The second-order valence-corrected chi connectivity index (χ2v) is 8.49. The Labute approximate surface area is 162 Å². The molecular weight excluding hydrogens is 420 g/mol. The molecule has 2 aromatic rings. The smallest absolute Gasteiger partial charge is 0.232 e. The third-order valence-electron chi connectivity index (χ3n) is 3.63. The molecule has 0 unspecified atom stereocenters. The van der Waals surface area contributed by atoms with Crippen molar-refractivity contribution in [2.24, 2.45) is 0 Å². The fourth-order valence-corrected chi connectivity index (χ4v) is 3.84. The summed E-state index contributed by atoms with van der Waals surface area (Å²) < 4.78 is 31.7. The van der Waals surface area contributed by atoms with E-state index >= 15 is 0 Å². The number of nitrogens with one attached hydrogen (secondary N) is 1. The maximum absolute atomic E-state index is 12.2. The average Bonchev–Trinajstić information content (AvgIpc) is 2.57. The molecule has 0 fully saturated rings. The molecule has 2 rings (SSSR count). The first kappa shape index (κ1) is 20.3. The van der Waals surface area contributed by atoms with Crippen molar-refractivity contribution >= 4 is 43.2 Å². The monoisotopic (exact) mass is 440 g/mol. The van der Waals surface area contributed by atoms with Gasteiger partial charge in [-0.3, -0.25) is 9.10 Å².